The van der Waals surface area contributed by atoms with E-state index in [1.165, 1.54) is 5.56 Å². The van der Waals surface area contributed by atoms with E-state index in [4.69, 9.17) is 9.47 Å². The minimum Gasteiger partial charge on any atom is -0.382 e. The van der Waals surface area contributed by atoms with Crippen LogP contribution in [0.3, 0.4) is 0 Å². The van der Waals surface area contributed by atoms with Crippen molar-refractivity contribution in [2.75, 3.05) is 33.4 Å². The van der Waals surface area contributed by atoms with E-state index < -0.39 is 0 Å². The Kier molecular flexibility index (Phi) is 6.01. The minimum absolute atomic E-state index is 0.00498. The van der Waals surface area contributed by atoms with Gasteiger partial charge in [0.1, 0.15) is 0 Å². The molecule has 5 heteroatoms. The molecule has 0 N–H and O–H groups in total. The normalized spacial score (nSPS) is 19.1. The Morgan fingerprint density at radius 1 is 1.45 bits per heavy atom. The van der Waals surface area contributed by atoms with Crippen molar-refractivity contribution in [3.05, 3.63) is 34.3 Å². The number of hydrogen-bond acceptors (Lipinski definition) is 3. The van der Waals surface area contributed by atoms with E-state index in [-0.39, 0.29) is 12.0 Å². The summed E-state index contributed by atoms with van der Waals surface area (Å²) in [4.78, 5) is 14.1. The Labute approximate surface area is 128 Å². The zero-order chi connectivity index (χ0) is 14.4. The van der Waals surface area contributed by atoms with Gasteiger partial charge in [-0.15, -0.1) is 0 Å². The third kappa shape index (κ3) is 4.58. The number of halogens is 1. The summed E-state index contributed by atoms with van der Waals surface area (Å²) in [6.45, 7) is 2.45. The van der Waals surface area contributed by atoms with Gasteiger partial charge in [-0.05, 0) is 24.1 Å². The monoisotopic (exact) mass is 341 g/mol. The van der Waals surface area contributed by atoms with Crippen LogP contribution in [-0.4, -0.2) is 50.3 Å². The fourth-order valence-electron chi connectivity index (χ4n) is 2.29. The molecule has 4 nitrogen and oxygen atoms in total. The lowest BCUT2D eigenvalue weighted by atomic mass is 10.1. The van der Waals surface area contributed by atoms with Crippen LogP contribution in [0.25, 0.3) is 0 Å². The van der Waals surface area contributed by atoms with Crippen LogP contribution in [0, 0.1) is 0 Å². The van der Waals surface area contributed by atoms with E-state index in [2.05, 4.69) is 15.9 Å². The van der Waals surface area contributed by atoms with Crippen molar-refractivity contribution in [2.24, 2.45) is 0 Å². The highest BCUT2D eigenvalue weighted by molar-refractivity contribution is 9.10. The number of hydrogen-bond donors (Lipinski definition) is 0. The van der Waals surface area contributed by atoms with Crippen LogP contribution in [0.5, 0.6) is 0 Å². The van der Waals surface area contributed by atoms with Gasteiger partial charge in [0.25, 0.3) is 0 Å². The van der Waals surface area contributed by atoms with Crippen LogP contribution in [-0.2, 0) is 20.7 Å². The maximum Gasteiger partial charge on any atom is 0.223 e. The number of aryl methyl sites for hydroxylation is 1. The SMILES string of the molecule is COC[C@H]1CN(C(=O)CCc2ccc(Br)cc2)CCO1. The van der Waals surface area contributed by atoms with Crippen LogP contribution in [0.4, 0.5) is 0 Å². The molecule has 1 aromatic carbocycles. The summed E-state index contributed by atoms with van der Waals surface area (Å²) in [6, 6.07) is 8.10. The number of benzene rings is 1. The van der Waals surface area contributed by atoms with Crippen LogP contribution in [0.1, 0.15) is 12.0 Å². The molecule has 1 aliphatic rings. The van der Waals surface area contributed by atoms with E-state index in [1.807, 2.05) is 29.2 Å². The molecule has 1 fully saturated rings. The summed E-state index contributed by atoms with van der Waals surface area (Å²) >= 11 is 3.41. The molecule has 1 aromatic rings. The third-order valence-electron chi connectivity index (χ3n) is 3.38. The average Bonchev–Trinajstić information content (AvgIpc) is 2.47. The van der Waals surface area contributed by atoms with E-state index in [9.17, 15) is 4.79 Å². The topological polar surface area (TPSA) is 38.8 Å². The van der Waals surface area contributed by atoms with E-state index >= 15 is 0 Å². The van der Waals surface area contributed by atoms with Gasteiger partial charge >= 0.3 is 0 Å². The van der Waals surface area contributed by atoms with E-state index in [0.717, 1.165) is 10.9 Å². The second-order valence-electron chi connectivity index (χ2n) is 4.91. The van der Waals surface area contributed by atoms with Crippen LogP contribution in [0.15, 0.2) is 28.7 Å². The molecule has 1 atom stereocenters. The molecule has 1 aliphatic heterocycles. The summed E-state index contributed by atoms with van der Waals surface area (Å²) in [6.07, 6.45) is 1.32. The van der Waals surface area contributed by atoms with Gasteiger partial charge in [0.05, 0.1) is 19.3 Å². The lowest BCUT2D eigenvalue weighted by molar-refractivity contribution is -0.140. The lowest BCUT2D eigenvalue weighted by Crippen LogP contribution is -2.47. The quantitative estimate of drug-likeness (QED) is 0.824. The molecule has 1 heterocycles. The lowest BCUT2D eigenvalue weighted by Gasteiger charge is -2.32. The molecule has 110 valence electrons. The molecule has 0 bridgehead atoms. The Hall–Kier alpha value is -0.910. The Morgan fingerprint density at radius 2 is 2.20 bits per heavy atom. The predicted octanol–water partition coefficient (Wildman–Crippen LogP) is 2.26. The van der Waals surface area contributed by atoms with Gasteiger partial charge in [0.15, 0.2) is 0 Å². The number of amides is 1. The van der Waals surface area contributed by atoms with Crippen molar-refractivity contribution >= 4 is 21.8 Å². The smallest absolute Gasteiger partial charge is 0.223 e. The molecule has 0 saturated carbocycles. The van der Waals surface area contributed by atoms with Gasteiger partial charge in [-0.25, -0.2) is 0 Å². The highest BCUT2D eigenvalue weighted by Gasteiger charge is 2.23. The Balaban J connectivity index is 1.80. The van der Waals surface area contributed by atoms with Gasteiger partial charge in [0.2, 0.25) is 5.91 Å². The standard InChI is InChI=1S/C15H20BrNO3/c1-19-11-14-10-17(8-9-20-14)15(18)7-4-12-2-5-13(16)6-3-12/h2-3,5-6,14H,4,7-11H2,1H3/t14-/m1/s1. The number of methoxy groups -OCH3 is 1. The second-order valence-corrected chi connectivity index (χ2v) is 5.83. The number of carbonyl (C=O) groups is 1. The molecule has 0 aliphatic carbocycles. The van der Waals surface area contributed by atoms with E-state index in [0.29, 0.717) is 32.7 Å². The van der Waals surface area contributed by atoms with Crippen molar-refractivity contribution < 1.29 is 14.3 Å². The van der Waals surface area contributed by atoms with Crippen LogP contribution < -0.4 is 0 Å². The molecule has 2 rings (SSSR count). The Morgan fingerprint density at radius 3 is 2.90 bits per heavy atom. The first kappa shape index (κ1) is 15.5. The molecule has 0 aromatic heterocycles. The fraction of sp³-hybridized carbons (Fsp3) is 0.533. The first-order chi connectivity index (χ1) is 9.69. The number of rotatable bonds is 5. The summed E-state index contributed by atoms with van der Waals surface area (Å²) < 4.78 is 11.7. The molecule has 1 amide bonds. The minimum atomic E-state index is 0.00498. The van der Waals surface area contributed by atoms with Crippen molar-refractivity contribution in [2.45, 2.75) is 18.9 Å². The summed E-state index contributed by atoms with van der Waals surface area (Å²) in [5.74, 6) is 0.192. The number of ether oxygens (including phenoxy) is 2. The van der Waals surface area contributed by atoms with Gasteiger partial charge < -0.3 is 14.4 Å². The fourth-order valence-corrected chi connectivity index (χ4v) is 2.56. The molecule has 20 heavy (non-hydrogen) atoms. The van der Waals surface area contributed by atoms with E-state index in [1.54, 1.807) is 7.11 Å². The van der Waals surface area contributed by atoms with Gasteiger partial charge in [-0.3, -0.25) is 4.79 Å². The zero-order valence-electron chi connectivity index (χ0n) is 11.7. The van der Waals surface area contributed by atoms with Crippen molar-refractivity contribution in [3.63, 3.8) is 0 Å². The van der Waals surface area contributed by atoms with Crippen LogP contribution >= 0.6 is 15.9 Å². The molecule has 0 radical (unpaired) electrons. The van der Waals surface area contributed by atoms with Crippen molar-refractivity contribution in [1.29, 1.82) is 0 Å². The summed E-state index contributed by atoms with van der Waals surface area (Å²) in [5.41, 5.74) is 1.18. The zero-order valence-corrected chi connectivity index (χ0v) is 13.3. The highest BCUT2D eigenvalue weighted by atomic mass is 79.9. The predicted molar refractivity (Wildman–Crippen MR) is 80.7 cm³/mol. The van der Waals surface area contributed by atoms with Crippen molar-refractivity contribution in [1.82, 2.24) is 4.90 Å². The summed E-state index contributed by atoms with van der Waals surface area (Å²) in [5, 5.41) is 0. The average molecular weight is 342 g/mol. The molecular formula is C15H20BrNO3. The third-order valence-corrected chi connectivity index (χ3v) is 3.91. The molecule has 0 spiro atoms. The molecule has 1 saturated heterocycles. The Bertz CT molecular complexity index is 433. The largest absolute Gasteiger partial charge is 0.382 e. The highest BCUT2D eigenvalue weighted by Crippen LogP contribution is 2.13. The maximum atomic E-state index is 12.2. The molecule has 0 unspecified atom stereocenters. The molecular weight excluding hydrogens is 322 g/mol. The van der Waals surface area contributed by atoms with Crippen LogP contribution in [0.2, 0.25) is 0 Å². The van der Waals surface area contributed by atoms with Gasteiger partial charge in [-0.2, -0.15) is 0 Å². The number of carbonyl (C=O) groups excluding carboxylic acids is 1. The first-order valence-corrected chi connectivity index (χ1v) is 7.61. The second kappa shape index (κ2) is 7.76. The summed E-state index contributed by atoms with van der Waals surface area (Å²) in [7, 11) is 1.65. The number of morpholine rings is 1. The van der Waals surface area contributed by atoms with Gasteiger partial charge in [-0.1, -0.05) is 28.1 Å². The first-order valence-electron chi connectivity index (χ1n) is 6.82. The van der Waals surface area contributed by atoms with Crippen molar-refractivity contribution in [3.8, 4) is 0 Å². The van der Waals surface area contributed by atoms with Gasteiger partial charge in [0, 0.05) is 31.1 Å². The maximum absolute atomic E-state index is 12.2. The number of nitrogens with zero attached hydrogens (tertiary/aromatic N) is 1.